The van der Waals surface area contributed by atoms with Crippen molar-refractivity contribution in [2.45, 2.75) is 26.8 Å². The number of carboxylic acid groups (broad SMARTS) is 1. The van der Waals surface area contributed by atoms with E-state index in [0.717, 1.165) is 0 Å². The Kier molecular flexibility index (Phi) is 5.83. The molecule has 0 aliphatic carbocycles. The van der Waals surface area contributed by atoms with Gasteiger partial charge in [-0.05, 0) is 32.9 Å². The maximum Gasteiger partial charge on any atom is 0.319 e. The van der Waals surface area contributed by atoms with Crippen molar-refractivity contribution in [3.05, 3.63) is 24.3 Å². The van der Waals surface area contributed by atoms with Crippen LogP contribution in [0.3, 0.4) is 0 Å². The van der Waals surface area contributed by atoms with Crippen LogP contribution in [-0.2, 0) is 4.79 Å². The van der Waals surface area contributed by atoms with Crippen LogP contribution in [0.4, 0.5) is 10.5 Å². The summed E-state index contributed by atoms with van der Waals surface area (Å²) in [6, 6.07) is 6.08. The lowest BCUT2D eigenvalue weighted by Gasteiger charge is -2.18. The van der Waals surface area contributed by atoms with Crippen LogP contribution in [0.1, 0.15) is 20.8 Å². The van der Waals surface area contributed by atoms with Crippen LogP contribution < -0.4 is 15.4 Å². The molecule has 0 aliphatic heterocycles. The second-order valence-corrected chi connectivity index (χ2v) is 4.47. The second kappa shape index (κ2) is 7.37. The van der Waals surface area contributed by atoms with Gasteiger partial charge in [0.2, 0.25) is 0 Å². The van der Waals surface area contributed by atoms with Crippen LogP contribution in [0.15, 0.2) is 24.3 Å². The predicted octanol–water partition coefficient (Wildman–Crippen LogP) is 2.32. The zero-order chi connectivity index (χ0) is 15.1. The van der Waals surface area contributed by atoms with Gasteiger partial charge in [-0.25, -0.2) is 4.79 Å². The molecule has 0 fully saturated rings. The highest BCUT2D eigenvalue weighted by Gasteiger charge is 2.20. The molecule has 0 aliphatic rings. The van der Waals surface area contributed by atoms with Crippen molar-refractivity contribution in [1.29, 1.82) is 0 Å². The van der Waals surface area contributed by atoms with E-state index in [1.54, 1.807) is 38.1 Å². The van der Waals surface area contributed by atoms with E-state index in [9.17, 15) is 9.59 Å². The average molecular weight is 280 g/mol. The Bertz CT molecular complexity index is 476. The molecule has 1 rings (SSSR count). The van der Waals surface area contributed by atoms with E-state index in [0.29, 0.717) is 18.0 Å². The molecule has 0 aromatic heterocycles. The lowest BCUT2D eigenvalue weighted by molar-refractivity contribution is -0.141. The number of aliphatic carboxylic acids is 1. The Balaban J connectivity index is 2.58. The van der Waals surface area contributed by atoms with Gasteiger partial charge in [0.1, 0.15) is 5.75 Å². The van der Waals surface area contributed by atoms with E-state index in [4.69, 9.17) is 9.84 Å². The Hall–Kier alpha value is -2.24. The summed E-state index contributed by atoms with van der Waals surface area (Å²) in [7, 11) is 0. The van der Waals surface area contributed by atoms with Gasteiger partial charge in [-0.3, -0.25) is 4.79 Å². The zero-order valence-electron chi connectivity index (χ0n) is 11.8. The van der Waals surface area contributed by atoms with Gasteiger partial charge in [0.25, 0.3) is 0 Å². The number of hydrogen-bond acceptors (Lipinski definition) is 3. The molecule has 2 atom stereocenters. The maximum atomic E-state index is 11.8. The van der Waals surface area contributed by atoms with Crippen molar-refractivity contribution in [1.82, 2.24) is 5.32 Å². The fraction of sp³-hybridized carbons (Fsp3) is 0.429. The first-order chi connectivity index (χ1) is 9.43. The summed E-state index contributed by atoms with van der Waals surface area (Å²) in [5.74, 6) is -0.941. The SMILES string of the molecule is CCOc1cccc(NC(=O)NC(C)C(C)C(=O)O)c1. The van der Waals surface area contributed by atoms with Crippen LogP contribution in [0.2, 0.25) is 0 Å². The maximum absolute atomic E-state index is 11.8. The third-order valence-electron chi connectivity index (χ3n) is 2.90. The van der Waals surface area contributed by atoms with Crippen molar-refractivity contribution >= 4 is 17.7 Å². The molecule has 3 N–H and O–H groups in total. The number of nitrogens with one attached hydrogen (secondary N) is 2. The topological polar surface area (TPSA) is 87.7 Å². The third kappa shape index (κ3) is 4.79. The Morgan fingerprint density at radius 1 is 1.35 bits per heavy atom. The van der Waals surface area contributed by atoms with Crippen LogP contribution in [0.25, 0.3) is 0 Å². The van der Waals surface area contributed by atoms with E-state index in [1.807, 2.05) is 6.92 Å². The first kappa shape index (κ1) is 15.8. The summed E-state index contributed by atoms with van der Waals surface area (Å²) < 4.78 is 5.33. The number of urea groups is 1. The van der Waals surface area contributed by atoms with Gasteiger partial charge in [0.05, 0.1) is 12.5 Å². The smallest absolute Gasteiger partial charge is 0.319 e. The zero-order valence-corrected chi connectivity index (χ0v) is 11.8. The quantitative estimate of drug-likeness (QED) is 0.746. The van der Waals surface area contributed by atoms with Gasteiger partial charge in [0.15, 0.2) is 0 Å². The minimum Gasteiger partial charge on any atom is -0.494 e. The van der Waals surface area contributed by atoms with E-state index >= 15 is 0 Å². The number of ether oxygens (including phenoxy) is 1. The standard InChI is InChI=1S/C14H20N2O4/c1-4-20-12-7-5-6-11(8-12)16-14(19)15-10(3)9(2)13(17)18/h5-10H,4H2,1-3H3,(H,17,18)(H2,15,16,19). The highest BCUT2D eigenvalue weighted by molar-refractivity contribution is 5.90. The first-order valence-electron chi connectivity index (χ1n) is 6.47. The minimum absolute atomic E-state index is 0.445. The predicted molar refractivity (Wildman–Crippen MR) is 76.0 cm³/mol. The van der Waals surface area contributed by atoms with Gasteiger partial charge in [-0.1, -0.05) is 6.07 Å². The van der Waals surface area contributed by atoms with Crippen LogP contribution in [0, 0.1) is 5.92 Å². The number of rotatable bonds is 6. The number of carboxylic acids is 1. The van der Waals surface area contributed by atoms with Crippen molar-refractivity contribution in [2.24, 2.45) is 5.92 Å². The molecule has 2 amide bonds. The number of carbonyl (C=O) groups is 2. The largest absolute Gasteiger partial charge is 0.494 e. The molecule has 6 nitrogen and oxygen atoms in total. The molecule has 0 saturated carbocycles. The summed E-state index contributed by atoms with van der Waals surface area (Å²) in [5.41, 5.74) is 0.587. The first-order valence-corrected chi connectivity index (χ1v) is 6.47. The van der Waals surface area contributed by atoms with Crippen LogP contribution in [0.5, 0.6) is 5.75 Å². The van der Waals surface area contributed by atoms with Crippen molar-refractivity contribution in [3.63, 3.8) is 0 Å². The van der Waals surface area contributed by atoms with E-state index in [-0.39, 0.29) is 0 Å². The Labute approximate surface area is 118 Å². The van der Waals surface area contributed by atoms with Gasteiger partial charge in [-0.2, -0.15) is 0 Å². The fourth-order valence-electron chi connectivity index (χ4n) is 1.54. The summed E-state index contributed by atoms with van der Waals surface area (Å²) in [5, 5.41) is 14.1. The van der Waals surface area contributed by atoms with Gasteiger partial charge in [0, 0.05) is 17.8 Å². The molecular formula is C14H20N2O4. The number of carbonyl (C=O) groups excluding carboxylic acids is 1. The molecule has 1 aromatic carbocycles. The Morgan fingerprint density at radius 2 is 2.05 bits per heavy atom. The van der Waals surface area contributed by atoms with Gasteiger partial charge >= 0.3 is 12.0 Å². The van der Waals surface area contributed by atoms with E-state index in [2.05, 4.69) is 10.6 Å². The molecule has 0 heterocycles. The van der Waals surface area contributed by atoms with Gasteiger partial charge in [-0.15, -0.1) is 0 Å². The number of anilines is 1. The summed E-state index contributed by atoms with van der Waals surface area (Å²) in [6.07, 6.45) is 0. The van der Waals surface area contributed by atoms with Gasteiger partial charge < -0.3 is 20.5 Å². The fourth-order valence-corrected chi connectivity index (χ4v) is 1.54. The molecule has 0 spiro atoms. The average Bonchev–Trinajstić information content (AvgIpc) is 2.38. The molecule has 0 saturated heterocycles. The number of benzene rings is 1. The molecule has 1 aromatic rings. The highest BCUT2D eigenvalue weighted by atomic mass is 16.5. The van der Waals surface area contributed by atoms with E-state index in [1.165, 1.54) is 0 Å². The number of hydrogen-bond donors (Lipinski definition) is 3. The molecule has 6 heteroatoms. The highest BCUT2D eigenvalue weighted by Crippen LogP contribution is 2.17. The summed E-state index contributed by atoms with van der Waals surface area (Å²) in [4.78, 5) is 22.6. The molecule has 0 bridgehead atoms. The molecule has 0 radical (unpaired) electrons. The van der Waals surface area contributed by atoms with Crippen molar-refractivity contribution in [2.75, 3.05) is 11.9 Å². The normalized spacial score (nSPS) is 13.2. The number of amides is 2. The lowest BCUT2D eigenvalue weighted by Crippen LogP contribution is -2.42. The van der Waals surface area contributed by atoms with Crippen LogP contribution >= 0.6 is 0 Å². The third-order valence-corrected chi connectivity index (χ3v) is 2.90. The Morgan fingerprint density at radius 3 is 2.65 bits per heavy atom. The molecular weight excluding hydrogens is 260 g/mol. The lowest BCUT2D eigenvalue weighted by atomic mass is 10.0. The molecule has 2 unspecified atom stereocenters. The van der Waals surface area contributed by atoms with E-state index < -0.39 is 24.0 Å². The van der Waals surface area contributed by atoms with Crippen molar-refractivity contribution < 1.29 is 19.4 Å². The van der Waals surface area contributed by atoms with Crippen molar-refractivity contribution in [3.8, 4) is 5.75 Å². The molecule has 20 heavy (non-hydrogen) atoms. The second-order valence-electron chi connectivity index (χ2n) is 4.47. The summed E-state index contributed by atoms with van der Waals surface area (Å²) in [6.45, 7) is 5.61. The minimum atomic E-state index is -0.948. The summed E-state index contributed by atoms with van der Waals surface area (Å²) >= 11 is 0. The monoisotopic (exact) mass is 280 g/mol. The van der Waals surface area contributed by atoms with Crippen LogP contribution in [-0.4, -0.2) is 29.8 Å². The molecule has 110 valence electrons.